The van der Waals surface area contributed by atoms with Crippen molar-refractivity contribution in [1.82, 2.24) is 19.4 Å². The van der Waals surface area contributed by atoms with Crippen molar-refractivity contribution in [2.45, 2.75) is 18.9 Å². The number of anilines is 2. The van der Waals surface area contributed by atoms with Crippen molar-refractivity contribution >= 4 is 48.0 Å². The molecule has 1 aliphatic carbocycles. The van der Waals surface area contributed by atoms with Crippen LogP contribution >= 0.6 is 7.82 Å². The number of benzene rings is 1. The Labute approximate surface area is 289 Å². The Bertz CT molecular complexity index is 2320. The number of halogens is 1. The molecule has 3 N–H and O–H groups in total. The highest BCUT2D eigenvalue weighted by atomic mass is 31.2. The van der Waals surface area contributed by atoms with Gasteiger partial charge in [0.05, 0.1) is 29.0 Å². The smallest absolute Gasteiger partial charge is 0.472 e. The number of rotatable bonds is 7. The molecule has 3 aromatic heterocycles. The van der Waals surface area contributed by atoms with E-state index in [9.17, 15) is 24.1 Å². The van der Waals surface area contributed by atoms with E-state index in [1.807, 2.05) is 7.05 Å². The number of aromatic nitrogens is 3. The fourth-order valence-corrected chi connectivity index (χ4v) is 7.78. The van der Waals surface area contributed by atoms with Crippen molar-refractivity contribution in [3.8, 4) is 22.3 Å². The van der Waals surface area contributed by atoms with E-state index < -0.39 is 43.5 Å². The second-order valence-corrected chi connectivity index (χ2v) is 14.1. The van der Waals surface area contributed by atoms with Gasteiger partial charge in [-0.3, -0.25) is 14.7 Å². The van der Waals surface area contributed by atoms with Gasteiger partial charge in [0.2, 0.25) is 17.9 Å². The zero-order valence-corrected chi connectivity index (χ0v) is 28.4. The number of carbonyl (C=O) groups is 2. The molecule has 0 radical (unpaired) electrons. The topological polar surface area (TPSA) is 192 Å². The van der Waals surface area contributed by atoms with Crippen LogP contribution in [-0.4, -0.2) is 93.0 Å². The summed E-state index contributed by atoms with van der Waals surface area (Å²) in [5.41, 5.74) is 2.23. The predicted octanol–water partition coefficient (Wildman–Crippen LogP) is 3.73. The highest BCUT2D eigenvalue weighted by Crippen LogP contribution is 2.55. The van der Waals surface area contributed by atoms with Gasteiger partial charge in [0.15, 0.2) is 0 Å². The zero-order chi connectivity index (χ0) is 36.5. The van der Waals surface area contributed by atoms with Gasteiger partial charge in [-0.25, -0.2) is 32.9 Å². The summed E-state index contributed by atoms with van der Waals surface area (Å²) in [6, 6.07) is 2.66. The first-order valence-corrected chi connectivity index (χ1v) is 17.2. The molecule has 51 heavy (non-hydrogen) atoms. The first kappa shape index (κ1) is 34.2. The summed E-state index contributed by atoms with van der Waals surface area (Å²) in [6.45, 7) is 9.18. The van der Waals surface area contributed by atoms with Crippen LogP contribution in [0.5, 0.6) is 0 Å². The van der Waals surface area contributed by atoms with Gasteiger partial charge in [0, 0.05) is 87.0 Å². The van der Waals surface area contributed by atoms with Gasteiger partial charge in [-0.2, -0.15) is 0 Å². The lowest BCUT2D eigenvalue weighted by Gasteiger charge is -2.31. The molecule has 7 rings (SSSR count). The zero-order valence-electron chi connectivity index (χ0n) is 27.5. The van der Waals surface area contributed by atoms with E-state index in [-0.39, 0.29) is 40.4 Å². The van der Waals surface area contributed by atoms with Gasteiger partial charge in [0.1, 0.15) is 17.0 Å². The van der Waals surface area contributed by atoms with Crippen LogP contribution in [0.3, 0.4) is 0 Å². The molecular weight excluding hydrogens is 688 g/mol. The Morgan fingerprint density at radius 3 is 2.65 bits per heavy atom. The number of likely N-dealkylation sites (tertiary alicyclic amines) is 1. The Kier molecular flexibility index (Phi) is 8.40. The van der Waals surface area contributed by atoms with Crippen molar-refractivity contribution in [3.05, 3.63) is 75.0 Å². The standard InChI is InChI=1S/C33H31FN7O9P/c1-35-28-22(34)9-24(40(4)33(45)49-15-50-51(46,47)48)18-8-23-27(26(18)28)29(41-6-5-16-12-38(2)14-25(16)41)20(11-36-23)17-7-19-30(42)21(32(43)44)13-39(3)31(19)37-10-17/h7,9-11,13,16,25H,5-6,8,12,14-15H2,2-4H3,(H,43,44)(H2,46,47,48)/t16-,25+/m0/s1. The number of hydrogen-bond donors (Lipinski definition) is 3. The van der Waals surface area contributed by atoms with Crippen LogP contribution in [0.25, 0.3) is 38.1 Å². The normalized spacial score (nSPS) is 18.0. The number of carbonyl (C=O) groups excluding carboxylic acids is 1. The SMILES string of the molecule is [C-]#[N+]c1c(F)cc(N(C)C(=O)OCOP(=O)(O)O)c2c1-c1c(ncc(-c3cnc4c(c3)c(=O)c(C(=O)O)cn4C)c1N1CC[C@H]3CN(C)C[C@H]31)C2. The van der Waals surface area contributed by atoms with E-state index in [4.69, 9.17) is 26.1 Å². The molecule has 4 aromatic rings. The molecule has 18 heteroatoms. The minimum Gasteiger partial charge on any atom is -0.477 e. The second kappa shape index (κ2) is 12.5. The van der Waals surface area contributed by atoms with E-state index in [0.717, 1.165) is 30.5 Å². The van der Waals surface area contributed by atoms with Crippen LogP contribution < -0.4 is 15.2 Å². The summed E-state index contributed by atoms with van der Waals surface area (Å²) in [5, 5.41) is 9.78. The van der Waals surface area contributed by atoms with Crippen molar-refractivity contribution in [1.29, 1.82) is 0 Å². The maximum Gasteiger partial charge on any atom is 0.472 e. The third-order valence-electron chi connectivity index (χ3n) is 9.78. The van der Waals surface area contributed by atoms with Crippen LogP contribution in [0.15, 0.2) is 35.5 Å². The molecule has 16 nitrogen and oxygen atoms in total. The third-order valence-corrected chi connectivity index (χ3v) is 10.2. The second-order valence-electron chi connectivity index (χ2n) is 12.8. The number of pyridine rings is 3. The van der Waals surface area contributed by atoms with E-state index in [1.165, 1.54) is 17.8 Å². The molecule has 264 valence electrons. The molecule has 0 unspecified atom stereocenters. The number of aromatic carboxylic acids is 1. The predicted molar refractivity (Wildman–Crippen MR) is 181 cm³/mol. The largest absolute Gasteiger partial charge is 0.477 e. The fraction of sp³-hybridized carbons (Fsp3) is 0.333. The number of ether oxygens (including phenoxy) is 1. The number of fused-ring (bicyclic) bond motifs is 5. The molecule has 3 aliphatic rings. The van der Waals surface area contributed by atoms with E-state index >= 15 is 4.39 Å². The monoisotopic (exact) mass is 719 g/mol. The van der Waals surface area contributed by atoms with E-state index in [1.54, 1.807) is 25.5 Å². The first-order valence-electron chi connectivity index (χ1n) is 15.7. The number of aryl methyl sites for hydroxylation is 1. The molecule has 5 heterocycles. The lowest BCUT2D eigenvalue weighted by molar-refractivity contribution is 0.0439. The van der Waals surface area contributed by atoms with E-state index in [0.29, 0.717) is 46.1 Å². The van der Waals surface area contributed by atoms with Crippen LogP contribution in [0, 0.1) is 18.3 Å². The number of nitrogens with zero attached hydrogens (tertiary/aromatic N) is 7. The molecular formula is C33H31FN7O9P. The highest BCUT2D eigenvalue weighted by Gasteiger charge is 2.44. The number of carboxylic acids is 1. The average Bonchev–Trinajstić information content (AvgIpc) is 3.76. The molecule has 2 saturated heterocycles. The number of phosphoric acid groups is 1. The van der Waals surface area contributed by atoms with Crippen LogP contribution in [-0.2, 0) is 27.3 Å². The summed E-state index contributed by atoms with van der Waals surface area (Å²) in [6.07, 6.45) is 4.29. The lowest BCUT2D eigenvalue weighted by atomic mass is 9.95. The first-order chi connectivity index (χ1) is 24.2. The minimum atomic E-state index is -4.93. The highest BCUT2D eigenvalue weighted by molar-refractivity contribution is 7.46. The summed E-state index contributed by atoms with van der Waals surface area (Å²) in [5.74, 6) is -1.96. The number of hydrogen-bond acceptors (Lipinski definition) is 10. The van der Waals surface area contributed by atoms with Crippen molar-refractivity contribution in [2.24, 2.45) is 13.0 Å². The van der Waals surface area contributed by atoms with Crippen LogP contribution in [0.1, 0.15) is 28.0 Å². The Balaban J connectivity index is 1.44. The molecule has 1 aromatic carbocycles. The quantitative estimate of drug-likeness (QED) is 0.125. The van der Waals surface area contributed by atoms with Crippen molar-refractivity contribution in [3.63, 3.8) is 0 Å². The molecule has 0 spiro atoms. The average molecular weight is 720 g/mol. The summed E-state index contributed by atoms with van der Waals surface area (Å²) < 4.78 is 37.6. The third kappa shape index (κ3) is 5.80. The van der Waals surface area contributed by atoms with Gasteiger partial charge in [-0.1, -0.05) is 0 Å². The minimum absolute atomic E-state index is 0.0542. The molecule has 2 aliphatic heterocycles. The van der Waals surface area contributed by atoms with Gasteiger partial charge in [-0.15, -0.1) is 0 Å². The summed E-state index contributed by atoms with van der Waals surface area (Å²) in [4.78, 5) is 74.4. The molecule has 2 fully saturated rings. The molecule has 2 atom stereocenters. The van der Waals surface area contributed by atoms with Crippen LogP contribution in [0.2, 0.25) is 0 Å². The van der Waals surface area contributed by atoms with Gasteiger partial charge >= 0.3 is 19.9 Å². The number of amides is 1. The van der Waals surface area contributed by atoms with Gasteiger partial charge in [-0.05, 0) is 37.1 Å². The van der Waals surface area contributed by atoms with Crippen molar-refractivity contribution in [2.75, 3.05) is 50.3 Å². The van der Waals surface area contributed by atoms with Gasteiger partial charge < -0.3 is 34.0 Å². The van der Waals surface area contributed by atoms with E-state index in [2.05, 4.69) is 24.2 Å². The van der Waals surface area contributed by atoms with Gasteiger partial charge in [0.25, 0.3) is 0 Å². The number of carboxylic acid groups (broad SMARTS) is 1. The van der Waals surface area contributed by atoms with Crippen LogP contribution in [0.4, 0.5) is 26.2 Å². The Morgan fingerprint density at radius 2 is 1.94 bits per heavy atom. The Hall–Kier alpha value is -5.24. The fourth-order valence-electron chi connectivity index (χ4n) is 7.59. The summed E-state index contributed by atoms with van der Waals surface area (Å²) >= 11 is 0. The number of phosphoric ester groups is 1. The molecule has 1 amide bonds. The summed E-state index contributed by atoms with van der Waals surface area (Å²) in [7, 11) is -0.0138. The van der Waals surface area contributed by atoms with Crippen molar-refractivity contribution < 1.29 is 42.7 Å². The lowest BCUT2D eigenvalue weighted by Crippen LogP contribution is -2.35. The maximum atomic E-state index is 15.9. The molecule has 0 saturated carbocycles. The Morgan fingerprint density at radius 1 is 1.18 bits per heavy atom. The molecule has 0 bridgehead atoms. The number of likely N-dealkylation sites (N-methyl/N-ethyl adjacent to an activating group) is 1. The maximum absolute atomic E-state index is 15.9.